The highest BCUT2D eigenvalue weighted by Gasteiger charge is 2.32. The van der Waals surface area contributed by atoms with Crippen LogP contribution >= 0.6 is 11.3 Å². The molecular weight excluding hydrogens is 363 g/mol. The molecule has 0 aliphatic carbocycles. The third kappa shape index (κ3) is 4.63. The third-order valence-electron chi connectivity index (χ3n) is 3.15. The number of nitrogens with zero attached hydrogens (tertiary/aromatic N) is 1. The van der Waals surface area contributed by atoms with Crippen molar-refractivity contribution < 1.29 is 28.2 Å². The van der Waals surface area contributed by atoms with Crippen LogP contribution in [-0.2, 0) is 19.1 Å². The van der Waals surface area contributed by atoms with Gasteiger partial charge < -0.3 is 14.8 Å². The Balaban J connectivity index is 2.18. The van der Waals surface area contributed by atoms with Crippen molar-refractivity contribution in [2.75, 3.05) is 13.2 Å². The van der Waals surface area contributed by atoms with Crippen molar-refractivity contribution in [3.8, 4) is 10.6 Å². The van der Waals surface area contributed by atoms with Gasteiger partial charge in [0.1, 0.15) is 15.7 Å². The second kappa shape index (κ2) is 9.04. The van der Waals surface area contributed by atoms with Crippen molar-refractivity contribution in [1.29, 1.82) is 0 Å². The van der Waals surface area contributed by atoms with Gasteiger partial charge in [0.05, 0.1) is 19.4 Å². The average molecular weight is 380 g/mol. The normalized spacial score (nSPS) is 10.5. The zero-order valence-electron chi connectivity index (χ0n) is 14.2. The highest BCUT2D eigenvalue weighted by Crippen LogP contribution is 2.27. The summed E-state index contributed by atoms with van der Waals surface area (Å²) in [6, 6.07) is 4.44. The molecule has 1 aromatic heterocycles. The smallest absolute Gasteiger partial charge is 0.340 e. The minimum Gasteiger partial charge on any atom is -0.464 e. The predicted molar refractivity (Wildman–Crippen MR) is 92.0 cm³/mol. The average Bonchev–Trinajstić information content (AvgIpc) is 3.10. The van der Waals surface area contributed by atoms with E-state index in [0.717, 1.165) is 11.3 Å². The van der Waals surface area contributed by atoms with Crippen LogP contribution in [0, 0.1) is 5.82 Å². The predicted octanol–water partition coefficient (Wildman–Crippen LogP) is 2.17. The van der Waals surface area contributed by atoms with Crippen LogP contribution in [0.5, 0.6) is 0 Å². The number of carbonyl (C=O) groups is 3. The summed E-state index contributed by atoms with van der Waals surface area (Å²) in [5, 5.41) is 2.57. The maximum atomic E-state index is 13.8. The lowest BCUT2D eigenvalue weighted by Gasteiger charge is -2.15. The number of aromatic nitrogens is 1. The fraction of sp³-hybridized carbons (Fsp3) is 0.294. The molecule has 0 unspecified atom stereocenters. The molecule has 2 rings (SSSR count). The number of thiazole rings is 1. The Morgan fingerprint density at radius 2 is 1.77 bits per heavy atom. The van der Waals surface area contributed by atoms with Gasteiger partial charge in [0.25, 0.3) is 5.91 Å². The minimum atomic E-state index is -1.58. The molecule has 0 fully saturated rings. The second-order valence-corrected chi connectivity index (χ2v) is 5.95. The zero-order chi connectivity index (χ0) is 19.1. The quantitative estimate of drug-likeness (QED) is 0.584. The molecule has 138 valence electrons. The molecule has 0 saturated carbocycles. The number of amides is 1. The van der Waals surface area contributed by atoms with Gasteiger partial charge in [-0.25, -0.2) is 19.0 Å². The van der Waals surface area contributed by atoms with E-state index in [-0.39, 0.29) is 23.7 Å². The second-order valence-electron chi connectivity index (χ2n) is 4.92. The molecule has 0 saturated heterocycles. The molecule has 1 heterocycles. The molecule has 1 N–H and O–H groups in total. The topological polar surface area (TPSA) is 94.6 Å². The van der Waals surface area contributed by atoms with Gasteiger partial charge in [-0.15, -0.1) is 11.3 Å². The van der Waals surface area contributed by atoms with Gasteiger partial charge in [0.2, 0.25) is 6.04 Å². The molecule has 1 aromatic carbocycles. The van der Waals surface area contributed by atoms with Crippen molar-refractivity contribution in [1.82, 2.24) is 10.3 Å². The van der Waals surface area contributed by atoms with Crippen molar-refractivity contribution in [3.63, 3.8) is 0 Å². The van der Waals surface area contributed by atoms with Crippen LogP contribution in [0.25, 0.3) is 10.6 Å². The van der Waals surface area contributed by atoms with E-state index in [1.807, 2.05) is 0 Å². The van der Waals surface area contributed by atoms with Crippen molar-refractivity contribution >= 4 is 29.2 Å². The Hall–Kier alpha value is -2.81. The van der Waals surface area contributed by atoms with Gasteiger partial charge >= 0.3 is 11.9 Å². The van der Waals surface area contributed by atoms with Gasteiger partial charge in [-0.3, -0.25) is 4.79 Å². The van der Waals surface area contributed by atoms with Gasteiger partial charge in [-0.05, 0) is 26.0 Å². The molecule has 0 radical (unpaired) electrons. The van der Waals surface area contributed by atoms with E-state index in [1.165, 1.54) is 18.3 Å². The summed E-state index contributed by atoms with van der Waals surface area (Å²) in [6.07, 6.45) is 1.25. The standard InChI is InChI=1S/C17H17FN2O5S/c1-3-24-16(22)13(17(23)25-4-2)20-14(21)12-9-19-15(26-12)10-7-5-6-8-11(10)18/h5-9,13H,3-4H2,1-2H3,(H,20,21). The summed E-state index contributed by atoms with van der Waals surface area (Å²) < 4.78 is 23.4. The molecular formula is C17H17FN2O5S. The van der Waals surface area contributed by atoms with E-state index in [0.29, 0.717) is 5.01 Å². The van der Waals surface area contributed by atoms with Crippen LogP contribution in [-0.4, -0.2) is 42.1 Å². The Bertz CT molecular complexity index is 790. The summed E-state index contributed by atoms with van der Waals surface area (Å²) in [6.45, 7) is 3.24. The molecule has 0 bridgehead atoms. The Labute approximate surface area is 153 Å². The van der Waals surface area contributed by atoms with E-state index >= 15 is 0 Å². The van der Waals surface area contributed by atoms with E-state index in [1.54, 1.807) is 26.0 Å². The fourth-order valence-electron chi connectivity index (χ4n) is 2.01. The number of esters is 2. The van der Waals surface area contributed by atoms with Crippen LogP contribution in [0.3, 0.4) is 0 Å². The fourth-order valence-corrected chi connectivity index (χ4v) is 2.85. The van der Waals surface area contributed by atoms with Gasteiger partial charge in [0.15, 0.2) is 0 Å². The van der Waals surface area contributed by atoms with Crippen LogP contribution in [0.4, 0.5) is 4.39 Å². The summed E-state index contributed by atoms with van der Waals surface area (Å²) in [5.74, 6) is -3.02. The maximum Gasteiger partial charge on any atom is 0.340 e. The van der Waals surface area contributed by atoms with E-state index in [2.05, 4.69) is 10.3 Å². The Morgan fingerprint density at radius 1 is 1.15 bits per heavy atom. The summed E-state index contributed by atoms with van der Waals surface area (Å²) in [7, 11) is 0. The molecule has 1 amide bonds. The Kier molecular flexibility index (Phi) is 6.79. The number of rotatable bonds is 7. The summed E-state index contributed by atoms with van der Waals surface area (Å²) in [5.41, 5.74) is 0.254. The van der Waals surface area contributed by atoms with Crippen LogP contribution in [0.1, 0.15) is 23.5 Å². The molecule has 9 heteroatoms. The molecule has 0 atom stereocenters. The highest BCUT2D eigenvalue weighted by molar-refractivity contribution is 7.16. The Morgan fingerprint density at radius 3 is 2.35 bits per heavy atom. The maximum absolute atomic E-state index is 13.8. The molecule has 2 aromatic rings. The summed E-state index contributed by atoms with van der Waals surface area (Å²) >= 11 is 0.933. The van der Waals surface area contributed by atoms with Crippen LogP contribution in [0.15, 0.2) is 30.5 Å². The highest BCUT2D eigenvalue weighted by atomic mass is 32.1. The lowest BCUT2D eigenvalue weighted by atomic mass is 10.2. The molecule has 0 aliphatic rings. The van der Waals surface area contributed by atoms with Crippen molar-refractivity contribution in [3.05, 3.63) is 41.2 Å². The number of benzene rings is 1. The van der Waals surface area contributed by atoms with Gasteiger partial charge in [0, 0.05) is 5.56 Å². The van der Waals surface area contributed by atoms with E-state index < -0.39 is 29.7 Å². The lowest BCUT2D eigenvalue weighted by molar-refractivity contribution is -0.157. The zero-order valence-corrected chi connectivity index (χ0v) is 15.0. The number of nitrogens with one attached hydrogen (secondary N) is 1. The van der Waals surface area contributed by atoms with Gasteiger partial charge in [-0.1, -0.05) is 12.1 Å². The SMILES string of the molecule is CCOC(=O)C(NC(=O)c1cnc(-c2ccccc2F)s1)C(=O)OCC. The number of halogens is 1. The monoisotopic (exact) mass is 380 g/mol. The number of hydrogen-bond acceptors (Lipinski definition) is 7. The number of carbonyl (C=O) groups excluding carboxylic acids is 3. The number of ether oxygens (including phenoxy) is 2. The first-order valence-corrected chi connectivity index (χ1v) is 8.64. The van der Waals surface area contributed by atoms with E-state index in [9.17, 15) is 18.8 Å². The minimum absolute atomic E-state index is 0.0442. The van der Waals surface area contributed by atoms with Crippen molar-refractivity contribution in [2.45, 2.75) is 19.9 Å². The first kappa shape index (κ1) is 19.5. The lowest BCUT2D eigenvalue weighted by Crippen LogP contribution is -2.48. The van der Waals surface area contributed by atoms with E-state index in [4.69, 9.17) is 9.47 Å². The molecule has 0 spiro atoms. The van der Waals surface area contributed by atoms with Gasteiger partial charge in [-0.2, -0.15) is 0 Å². The van der Waals surface area contributed by atoms with Crippen LogP contribution in [0.2, 0.25) is 0 Å². The first-order chi connectivity index (χ1) is 12.5. The number of hydrogen-bond donors (Lipinski definition) is 1. The van der Waals surface area contributed by atoms with Crippen LogP contribution < -0.4 is 5.32 Å². The molecule has 0 aliphatic heterocycles. The first-order valence-electron chi connectivity index (χ1n) is 7.82. The summed E-state index contributed by atoms with van der Waals surface area (Å²) in [4.78, 5) is 40.3. The molecule has 26 heavy (non-hydrogen) atoms. The van der Waals surface area contributed by atoms with Crippen molar-refractivity contribution in [2.24, 2.45) is 0 Å². The largest absolute Gasteiger partial charge is 0.464 e. The molecule has 7 nitrogen and oxygen atoms in total. The third-order valence-corrected chi connectivity index (χ3v) is 4.18.